The lowest BCUT2D eigenvalue weighted by Gasteiger charge is -2.19. The number of phosphoric acid groups is 1. The van der Waals surface area contributed by atoms with Crippen molar-refractivity contribution < 1.29 is 37.6 Å². The molecule has 0 saturated carbocycles. The minimum Gasteiger partial charge on any atom is -0.462 e. The molecule has 1 unspecified atom stereocenters. The van der Waals surface area contributed by atoms with Gasteiger partial charge >= 0.3 is 19.8 Å². The van der Waals surface area contributed by atoms with E-state index in [1.807, 2.05) is 0 Å². The lowest BCUT2D eigenvalue weighted by atomic mass is 10.1. The highest BCUT2D eigenvalue weighted by Gasteiger charge is 2.25. The molecule has 3 N–H and O–H groups in total. The summed E-state index contributed by atoms with van der Waals surface area (Å²) in [5, 5.41) is 0. The Morgan fingerprint density at radius 3 is 1.55 bits per heavy atom. The molecule has 0 heterocycles. The van der Waals surface area contributed by atoms with Crippen LogP contribution in [0.2, 0.25) is 0 Å². The molecule has 0 aliphatic heterocycles. The second-order valence-electron chi connectivity index (χ2n) is 13.5. The molecule has 51 heavy (non-hydrogen) atoms. The number of allylic oxidation sites excluding steroid dienone is 6. The van der Waals surface area contributed by atoms with Crippen LogP contribution in [0.25, 0.3) is 0 Å². The highest BCUT2D eigenvalue weighted by Crippen LogP contribution is 2.43. The van der Waals surface area contributed by atoms with E-state index in [9.17, 15) is 19.0 Å². The number of hydrogen-bond acceptors (Lipinski definition) is 8. The Balaban J connectivity index is 4.23. The second kappa shape index (κ2) is 38.0. The summed E-state index contributed by atoms with van der Waals surface area (Å²) in [6.45, 7) is 3.67. The van der Waals surface area contributed by atoms with Gasteiger partial charge in [0.25, 0.3) is 0 Å². The van der Waals surface area contributed by atoms with E-state index in [1.165, 1.54) is 70.6 Å². The summed E-state index contributed by atoms with van der Waals surface area (Å²) in [7, 11) is -4.38. The molecule has 0 spiro atoms. The zero-order chi connectivity index (χ0) is 37.5. The van der Waals surface area contributed by atoms with Crippen LogP contribution in [0.4, 0.5) is 0 Å². The van der Waals surface area contributed by atoms with E-state index in [0.717, 1.165) is 70.6 Å². The molecule has 0 aromatic heterocycles. The fourth-order valence-electron chi connectivity index (χ4n) is 5.42. The van der Waals surface area contributed by atoms with Crippen molar-refractivity contribution in [1.29, 1.82) is 0 Å². The van der Waals surface area contributed by atoms with Crippen molar-refractivity contribution >= 4 is 19.8 Å². The van der Waals surface area contributed by atoms with Gasteiger partial charge in [0.1, 0.15) is 6.61 Å². The molecular formula is C41H76NO8P. The molecule has 0 aliphatic carbocycles. The predicted octanol–water partition coefficient (Wildman–Crippen LogP) is 11.4. The second-order valence-corrected chi connectivity index (χ2v) is 14.9. The van der Waals surface area contributed by atoms with Crippen LogP contribution in [0.5, 0.6) is 0 Å². The molecule has 9 nitrogen and oxygen atoms in total. The van der Waals surface area contributed by atoms with Gasteiger partial charge in [0.05, 0.1) is 13.2 Å². The summed E-state index contributed by atoms with van der Waals surface area (Å²) in [6.07, 6.45) is 40.2. The summed E-state index contributed by atoms with van der Waals surface area (Å²) in [6, 6.07) is 0. The predicted molar refractivity (Wildman–Crippen MR) is 210 cm³/mol. The van der Waals surface area contributed by atoms with E-state index in [-0.39, 0.29) is 32.6 Å². The maximum atomic E-state index is 12.5. The van der Waals surface area contributed by atoms with Gasteiger partial charge in [-0.05, 0) is 70.6 Å². The van der Waals surface area contributed by atoms with Gasteiger partial charge in [-0.15, -0.1) is 0 Å². The minimum atomic E-state index is -4.38. The smallest absolute Gasteiger partial charge is 0.462 e. The van der Waals surface area contributed by atoms with E-state index in [4.69, 9.17) is 24.3 Å². The average molecular weight is 742 g/mol. The molecule has 0 aromatic rings. The van der Waals surface area contributed by atoms with Crippen molar-refractivity contribution in [3.8, 4) is 0 Å². The standard InChI is InChI=1S/C41H76NO8P/c1-3-5-7-9-11-13-15-17-19-21-23-25-27-29-31-33-40(43)47-37-39(38-49-51(45,46)48-36-35-42)50-41(44)34-32-30-28-26-24-22-20-18-16-14-12-10-8-6-4-2/h11,13,17-20,39H,3-10,12,14-16,21-38,42H2,1-2H3,(H,45,46)/b13-11-,19-17-,20-18-/t39-/m1/s1. The zero-order valence-corrected chi connectivity index (χ0v) is 33.5. The van der Waals surface area contributed by atoms with Crippen LogP contribution < -0.4 is 5.73 Å². The minimum absolute atomic E-state index is 0.0497. The van der Waals surface area contributed by atoms with E-state index >= 15 is 0 Å². The molecule has 2 atom stereocenters. The largest absolute Gasteiger partial charge is 0.472 e. The number of hydrogen-bond donors (Lipinski definition) is 2. The van der Waals surface area contributed by atoms with Crippen LogP contribution in [0, 0.1) is 0 Å². The van der Waals surface area contributed by atoms with Gasteiger partial charge in [-0.25, -0.2) is 4.57 Å². The Morgan fingerprint density at radius 2 is 1.02 bits per heavy atom. The Kier molecular flexibility index (Phi) is 36.7. The van der Waals surface area contributed by atoms with Crippen molar-refractivity contribution in [2.45, 2.75) is 187 Å². The average Bonchev–Trinajstić information content (AvgIpc) is 3.11. The third-order valence-corrected chi connectivity index (χ3v) is 9.48. The molecule has 0 bridgehead atoms. The van der Waals surface area contributed by atoms with Crippen LogP contribution in [0.1, 0.15) is 181 Å². The highest BCUT2D eigenvalue weighted by molar-refractivity contribution is 7.47. The first-order chi connectivity index (χ1) is 24.8. The van der Waals surface area contributed by atoms with Crippen molar-refractivity contribution in [1.82, 2.24) is 0 Å². The molecule has 10 heteroatoms. The fourth-order valence-corrected chi connectivity index (χ4v) is 6.19. The quantitative estimate of drug-likeness (QED) is 0.0274. The SMILES string of the molecule is CCCCC/C=C\C/C=C\CCCCCCCC(=O)OC[C@H](COP(=O)(O)OCCN)OC(=O)CCCCCCC/C=C\CCCCCCCC. The van der Waals surface area contributed by atoms with Crippen molar-refractivity contribution in [2.24, 2.45) is 5.73 Å². The zero-order valence-electron chi connectivity index (χ0n) is 32.6. The molecular weight excluding hydrogens is 665 g/mol. The van der Waals surface area contributed by atoms with Crippen LogP contribution in [-0.2, 0) is 32.7 Å². The maximum Gasteiger partial charge on any atom is 0.472 e. The molecule has 0 amide bonds. The molecule has 0 saturated heterocycles. The Hall–Kier alpha value is -1.77. The normalized spacial score (nSPS) is 13.7. The summed E-state index contributed by atoms with van der Waals surface area (Å²) in [5.74, 6) is -0.854. The first-order valence-corrected chi connectivity index (χ1v) is 22.0. The first-order valence-electron chi connectivity index (χ1n) is 20.5. The number of carbonyl (C=O) groups is 2. The monoisotopic (exact) mass is 742 g/mol. The Labute approximate surface area is 312 Å². The fraction of sp³-hybridized carbons (Fsp3) is 0.805. The molecule has 0 radical (unpaired) electrons. The third kappa shape index (κ3) is 37.8. The van der Waals surface area contributed by atoms with E-state index in [1.54, 1.807) is 0 Å². The molecule has 0 fully saturated rings. The lowest BCUT2D eigenvalue weighted by molar-refractivity contribution is -0.161. The number of ether oxygens (including phenoxy) is 2. The number of phosphoric ester groups is 1. The van der Waals surface area contributed by atoms with Gasteiger partial charge < -0.3 is 20.1 Å². The topological polar surface area (TPSA) is 134 Å². The Bertz CT molecular complexity index is 939. The number of carbonyl (C=O) groups excluding carboxylic acids is 2. The van der Waals surface area contributed by atoms with Crippen LogP contribution in [0.15, 0.2) is 36.5 Å². The van der Waals surface area contributed by atoms with Gasteiger partial charge in [-0.1, -0.05) is 134 Å². The van der Waals surface area contributed by atoms with Crippen LogP contribution in [-0.4, -0.2) is 49.3 Å². The van der Waals surface area contributed by atoms with Gasteiger partial charge in [-0.2, -0.15) is 0 Å². The van der Waals surface area contributed by atoms with E-state index in [0.29, 0.717) is 12.8 Å². The van der Waals surface area contributed by atoms with Gasteiger partial charge in [0, 0.05) is 19.4 Å². The van der Waals surface area contributed by atoms with Crippen LogP contribution in [0.3, 0.4) is 0 Å². The van der Waals surface area contributed by atoms with Gasteiger partial charge in [0.2, 0.25) is 0 Å². The molecule has 0 aromatic carbocycles. The molecule has 0 rings (SSSR count). The number of esters is 2. The summed E-state index contributed by atoms with van der Waals surface area (Å²) >= 11 is 0. The van der Waals surface area contributed by atoms with Gasteiger partial charge in [-0.3, -0.25) is 18.6 Å². The van der Waals surface area contributed by atoms with Gasteiger partial charge in [0.15, 0.2) is 6.10 Å². The lowest BCUT2D eigenvalue weighted by Crippen LogP contribution is -2.29. The molecule has 0 aliphatic rings. The number of nitrogens with two attached hydrogens (primary N) is 1. The summed E-state index contributed by atoms with van der Waals surface area (Å²) in [5.41, 5.74) is 5.34. The van der Waals surface area contributed by atoms with Crippen molar-refractivity contribution in [3.63, 3.8) is 0 Å². The number of rotatable bonds is 38. The molecule has 298 valence electrons. The summed E-state index contributed by atoms with van der Waals surface area (Å²) < 4.78 is 32.7. The van der Waals surface area contributed by atoms with Crippen molar-refractivity contribution in [2.75, 3.05) is 26.4 Å². The number of unbranched alkanes of at least 4 members (excludes halogenated alkanes) is 19. The summed E-state index contributed by atoms with van der Waals surface area (Å²) in [4.78, 5) is 34.8. The van der Waals surface area contributed by atoms with Crippen molar-refractivity contribution in [3.05, 3.63) is 36.5 Å². The third-order valence-electron chi connectivity index (χ3n) is 8.50. The first kappa shape index (κ1) is 49.2. The highest BCUT2D eigenvalue weighted by atomic mass is 31.2. The Morgan fingerprint density at radius 1 is 0.588 bits per heavy atom. The maximum absolute atomic E-state index is 12.5. The van der Waals surface area contributed by atoms with E-state index in [2.05, 4.69) is 50.3 Å². The van der Waals surface area contributed by atoms with E-state index < -0.39 is 32.5 Å². The van der Waals surface area contributed by atoms with Crippen LogP contribution >= 0.6 is 7.82 Å².